The number of nitrogens with two attached hydrogens (primary N) is 1. The Morgan fingerprint density at radius 2 is 2.11 bits per heavy atom. The summed E-state index contributed by atoms with van der Waals surface area (Å²) in [5.41, 5.74) is 5.38. The number of anilines is 2. The maximum Gasteiger partial charge on any atom is 0.405 e. The zero-order chi connectivity index (χ0) is 13.8. The van der Waals surface area contributed by atoms with Crippen molar-refractivity contribution in [2.45, 2.75) is 6.18 Å². The van der Waals surface area contributed by atoms with E-state index in [0.29, 0.717) is 0 Å². The van der Waals surface area contributed by atoms with Crippen molar-refractivity contribution in [3.05, 3.63) is 17.8 Å². The van der Waals surface area contributed by atoms with Crippen molar-refractivity contribution < 1.29 is 18.3 Å². The summed E-state index contributed by atoms with van der Waals surface area (Å²) in [4.78, 5) is 4.56. The molecule has 8 heteroatoms. The molecular weight excluding hydrogens is 249 g/mol. The number of aromatic nitrogens is 1. The molecule has 3 N–H and O–H groups in total. The number of hydrogen-bond donors (Lipinski definition) is 2. The molecule has 1 heterocycles. The van der Waals surface area contributed by atoms with Gasteiger partial charge in [-0.15, -0.1) is 0 Å². The van der Waals surface area contributed by atoms with E-state index in [-0.39, 0.29) is 23.7 Å². The van der Waals surface area contributed by atoms with Crippen LogP contribution in [0.4, 0.5) is 24.7 Å². The van der Waals surface area contributed by atoms with Gasteiger partial charge in [-0.3, -0.25) is 0 Å². The highest BCUT2D eigenvalue weighted by atomic mass is 19.4. The topological polar surface area (TPSA) is 86.2 Å². The molecule has 18 heavy (non-hydrogen) atoms. The molecule has 0 atom stereocenters. The Labute approximate surface area is 101 Å². The summed E-state index contributed by atoms with van der Waals surface area (Å²) in [5, 5.41) is 17.5. The Morgan fingerprint density at radius 3 is 2.61 bits per heavy atom. The number of halogens is 3. The summed E-state index contributed by atoms with van der Waals surface area (Å²) in [5.74, 6) is -0.0490. The zero-order valence-corrected chi connectivity index (χ0v) is 9.28. The minimum Gasteiger partial charge on any atom is -0.396 e. The van der Waals surface area contributed by atoms with Crippen molar-refractivity contribution in [2.75, 3.05) is 30.3 Å². The Bertz CT molecular complexity index is 455. The first-order valence-corrected chi connectivity index (χ1v) is 4.96. The van der Waals surface area contributed by atoms with Gasteiger partial charge in [0.05, 0.1) is 12.3 Å². The lowest BCUT2D eigenvalue weighted by atomic mass is 10.3. The molecule has 98 valence electrons. The summed E-state index contributed by atoms with van der Waals surface area (Å²) >= 11 is 0. The van der Waals surface area contributed by atoms with Crippen molar-refractivity contribution in [1.82, 2.24) is 4.98 Å². The first-order valence-electron chi connectivity index (χ1n) is 4.96. The summed E-state index contributed by atoms with van der Waals surface area (Å²) in [7, 11) is 0. The third-order valence-corrected chi connectivity index (χ3v) is 2.08. The molecule has 0 saturated heterocycles. The highest BCUT2D eigenvalue weighted by molar-refractivity contribution is 5.55. The van der Waals surface area contributed by atoms with Crippen LogP contribution in [0.5, 0.6) is 0 Å². The van der Waals surface area contributed by atoms with Gasteiger partial charge >= 0.3 is 6.18 Å². The quantitative estimate of drug-likeness (QED) is 0.839. The minimum atomic E-state index is -4.43. The molecule has 1 aromatic rings. The maximum atomic E-state index is 12.3. The number of nitrogens with zero attached hydrogens (tertiary/aromatic N) is 3. The molecule has 0 radical (unpaired) electrons. The maximum absolute atomic E-state index is 12.3. The van der Waals surface area contributed by atoms with E-state index in [2.05, 4.69) is 4.98 Å². The summed E-state index contributed by atoms with van der Waals surface area (Å²) in [6.07, 6.45) is -4.43. The SMILES string of the molecule is N#Cc1nc(N(CCO)CC(F)(F)F)ccc1N. The molecular formula is C10H11F3N4O. The van der Waals surface area contributed by atoms with Crippen LogP contribution in [0.15, 0.2) is 12.1 Å². The van der Waals surface area contributed by atoms with Crippen molar-refractivity contribution >= 4 is 11.5 Å². The summed E-state index contributed by atoms with van der Waals surface area (Å²) in [6.45, 7) is -1.94. The molecule has 0 fully saturated rings. The van der Waals surface area contributed by atoms with E-state index < -0.39 is 19.3 Å². The fourth-order valence-corrected chi connectivity index (χ4v) is 1.34. The first kappa shape index (κ1) is 14.1. The second kappa shape index (κ2) is 5.55. The third kappa shape index (κ3) is 3.78. The third-order valence-electron chi connectivity index (χ3n) is 2.08. The van der Waals surface area contributed by atoms with Gasteiger partial charge < -0.3 is 15.7 Å². The average Bonchev–Trinajstić information content (AvgIpc) is 2.27. The number of nitrogen functional groups attached to an aromatic ring is 1. The van der Waals surface area contributed by atoms with Gasteiger partial charge in [-0.2, -0.15) is 18.4 Å². The van der Waals surface area contributed by atoms with Crippen LogP contribution >= 0.6 is 0 Å². The number of aliphatic hydroxyl groups excluding tert-OH is 1. The lowest BCUT2D eigenvalue weighted by Gasteiger charge is -2.24. The second-order valence-corrected chi connectivity index (χ2v) is 3.48. The molecule has 0 bridgehead atoms. The first-order chi connectivity index (χ1) is 8.37. The van der Waals surface area contributed by atoms with E-state index >= 15 is 0 Å². The largest absolute Gasteiger partial charge is 0.405 e. The van der Waals surface area contributed by atoms with Crippen LogP contribution in [0.3, 0.4) is 0 Å². The Balaban J connectivity index is 3.03. The normalized spacial score (nSPS) is 11.1. The lowest BCUT2D eigenvalue weighted by Crippen LogP contribution is -2.36. The predicted octanol–water partition coefficient (Wildman–Crippen LogP) is 0.896. The number of alkyl halides is 3. The Kier molecular flexibility index (Phi) is 4.33. The van der Waals surface area contributed by atoms with E-state index in [1.165, 1.54) is 12.1 Å². The summed E-state index contributed by atoms with van der Waals surface area (Å²) in [6, 6.07) is 4.27. The smallest absolute Gasteiger partial charge is 0.396 e. The number of nitriles is 1. The van der Waals surface area contributed by atoms with Crippen molar-refractivity contribution in [2.24, 2.45) is 0 Å². The van der Waals surface area contributed by atoms with E-state index in [1.54, 1.807) is 6.07 Å². The fourth-order valence-electron chi connectivity index (χ4n) is 1.34. The van der Waals surface area contributed by atoms with Gasteiger partial charge in [0, 0.05) is 6.54 Å². The summed E-state index contributed by atoms with van der Waals surface area (Å²) < 4.78 is 37.0. The number of aliphatic hydroxyl groups is 1. The monoisotopic (exact) mass is 260 g/mol. The van der Waals surface area contributed by atoms with Gasteiger partial charge in [-0.1, -0.05) is 0 Å². The molecule has 0 saturated carbocycles. The van der Waals surface area contributed by atoms with E-state index in [4.69, 9.17) is 16.1 Å². The van der Waals surface area contributed by atoms with Crippen molar-refractivity contribution in [3.8, 4) is 6.07 Å². The number of rotatable bonds is 4. The van der Waals surface area contributed by atoms with Crippen LogP contribution < -0.4 is 10.6 Å². The molecule has 0 aliphatic rings. The van der Waals surface area contributed by atoms with Crippen molar-refractivity contribution in [1.29, 1.82) is 5.26 Å². The van der Waals surface area contributed by atoms with Crippen LogP contribution in [-0.4, -0.2) is 36.0 Å². The zero-order valence-electron chi connectivity index (χ0n) is 9.28. The fraction of sp³-hybridized carbons (Fsp3) is 0.400. The van der Waals surface area contributed by atoms with Crippen LogP contribution in [0.2, 0.25) is 0 Å². The molecule has 0 aromatic carbocycles. The number of pyridine rings is 1. The highest BCUT2D eigenvalue weighted by Gasteiger charge is 2.31. The second-order valence-electron chi connectivity index (χ2n) is 3.48. The molecule has 0 amide bonds. The molecule has 0 aliphatic carbocycles. The van der Waals surface area contributed by atoms with Crippen LogP contribution in [0, 0.1) is 11.3 Å². The van der Waals surface area contributed by atoms with Gasteiger partial charge in [-0.25, -0.2) is 4.98 Å². The molecule has 0 spiro atoms. The Morgan fingerprint density at radius 1 is 1.44 bits per heavy atom. The molecule has 0 unspecified atom stereocenters. The predicted molar refractivity (Wildman–Crippen MR) is 58.7 cm³/mol. The highest BCUT2D eigenvalue weighted by Crippen LogP contribution is 2.22. The molecule has 1 rings (SSSR count). The van der Waals surface area contributed by atoms with E-state index in [1.807, 2.05) is 0 Å². The Hall–Kier alpha value is -2.01. The van der Waals surface area contributed by atoms with Crippen molar-refractivity contribution in [3.63, 3.8) is 0 Å². The van der Waals surface area contributed by atoms with Crippen LogP contribution in [0.25, 0.3) is 0 Å². The number of hydrogen-bond acceptors (Lipinski definition) is 5. The van der Waals surface area contributed by atoms with Gasteiger partial charge in [0.2, 0.25) is 0 Å². The van der Waals surface area contributed by atoms with Gasteiger partial charge in [0.1, 0.15) is 18.4 Å². The lowest BCUT2D eigenvalue weighted by molar-refractivity contribution is -0.120. The van der Waals surface area contributed by atoms with Gasteiger partial charge in [0.25, 0.3) is 0 Å². The molecule has 0 aliphatic heterocycles. The van der Waals surface area contributed by atoms with Gasteiger partial charge in [-0.05, 0) is 12.1 Å². The standard InChI is InChI=1S/C10H11F3N4O/c11-10(12,13)6-17(3-4-18)9-2-1-7(15)8(5-14)16-9/h1-2,18H,3-4,6,15H2. The van der Waals surface area contributed by atoms with E-state index in [9.17, 15) is 13.2 Å². The van der Waals surface area contributed by atoms with E-state index in [0.717, 1.165) is 4.90 Å². The molecule has 1 aromatic heterocycles. The van der Waals surface area contributed by atoms with Crippen LogP contribution in [0.1, 0.15) is 5.69 Å². The van der Waals surface area contributed by atoms with Crippen LogP contribution in [-0.2, 0) is 0 Å². The average molecular weight is 260 g/mol. The molecule has 5 nitrogen and oxygen atoms in total. The minimum absolute atomic E-state index is 0.0490. The van der Waals surface area contributed by atoms with Gasteiger partial charge in [0.15, 0.2) is 5.69 Å².